The first kappa shape index (κ1) is 13.4. The summed E-state index contributed by atoms with van der Waals surface area (Å²) in [6.07, 6.45) is 1.76. The van der Waals surface area contributed by atoms with E-state index >= 15 is 0 Å². The summed E-state index contributed by atoms with van der Waals surface area (Å²) in [5.74, 6) is -0.984. The Balaban J connectivity index is 2.07. The molecule has 1 aromatic rings. The molecule has 0 aliphatic heterocycles. The number of carboxylic acid groups (broad SMARTS) is 1. The fraction of sp³-hybridized carbons (Fsp3) is 0.429. The highest BCUT2D eigenvalue weighted by molar-refractivity contribution is 5.92. The largest absolute Gasteiger partial charge is 0.480 e. The molecule has 1 aliphatic rings. The molecule has 0 unspecified atom stereocenters. The zero-order valence-corrected chi connectivity index (χ0v) is 11.1. The minimum Gasteiger partial charge on any atom is -0.480 e. The van der Waals surface area contributed by atoms with Crippen LogP contribution in [0.4, 0.5) is 10.5 Å². The van der Waals surface area contributed by atoms with Gasteiger partial charge < -0.3 is 15.3 Å². The maximum atomic E-state index is 12.1. The lowest BCUT2D eigenvalue weighted by Crippen LogP contribution is -2.40. The van der Waals surface area contributed by atoms with E-state index < -0.39 is 5.97 Å². The van der Waals surface area contributed by atoms with Gasteiger partial charge in [0.15, 0.2) is 0 Å². The Morgan fingerprint density at radius 2 is 1.84 bits per heavy atom. The highest BCUT2D eigenvalue weighted by Gasteiger charge is 2.33. The van der Waals surface area contributed by atoms with E-state index in [-0.39, 0.29) is 18.6 Å². The van der Waals surface area contributed by atoms with Gasteiger partial charge in [-0.2, -0.15) is 0 Å². The molecular weight excluding hydrogens is 244 g/mol. The molecule has 0 spiro atoms. The van der Waals surface area contributed by atoms with Crippen molar-refractivity contribution in [2.75, 3.05) is 11.9 Å². The molecular formula is C14H18N2O3. The quantitative estimate of drug-likeness (QED) is 0.875. The van der Waals surface area contributed by atoms with Crippen LogP contribution >= 0.6 is 0 Å². The lowest BCUT2D eigenvalue weighted by Gasteiger charge is -2.21. The van der Waals surface area contributed by atoms with E-state index in [0.717, 1.165) is 24.0 Å². The van der Waals surface area contributed by atoms with E-state index in [2.05, 4.69) is 5.32 Å². The van der Waals surface area contributed by atoms with Crippen molar-refractivity contribution >= 4 is 17.7 Å². The highest BCUT2D eigenvalue weighted by atomic mass is 16.4. The third kappa shape index (κ3) is 3.71. The van der Waals surface area contributed by atoms with Crippen molar-refractivity contribution in [2.45, 2.75) is 32.7 Å². The first-order valence-corrected chi connectivity index (χ1v) is 6.33. The number of benzene rings is 1. The standard InChI is InChI=1S/C14H18N2O3/c1-9-5-10(2)7-11(6-9)15-14(19)16(8-13(17)18)12-3-4-12/h5-7,12H,3-4,8H2,1-2H3,(H,15,19)(H,17,18). The number of rotatable bonds is 4. The van der Waals surface area contributed by atoms with Gasteiger partial charge in [-0.05, 0) is 49.9 Å². The van der Waals surface area contributed by atoms with E-state index in [1.54, 1.807) is 0 Å². The average molecular weight is 262 g/mol. The third-order valence-electron chi connectivity index (χ3n) is 3.03. The molecule has 1 aliphatic carbocycles. The summed E-state index contributed by atoms with van der Waals surface area (Å²) < 4.78 is 0. The van der Waals surface area contributed by atoms with Crippen LogP contribution in [0.1, 0.15) is 24.0 Å². The minimum atomic E-state index is -0.984. The van der Waals surface area contributed by atoms with Gasteiger partial charge in [-0.3, -0.25) is 4.79 Å². The van der Waals surface area contributed by atoms with Crippen molar-refractivity contribution < 1.29 is 14.7 Å². The molecule has 2 amide bonds. The number of nitrogens with zero attached hydrogens (tertiary/aromatic N) is 1. The number of carboxylic acids is 1. The average Bonchev–Trinajstić information content (AvgIpc) is 3.07. The maximum absolute atomic E-state index is 12.1. The van der Waals surface area contributed by atoms with Crippen LogP contribution in [0.25, 0.3) is 0 Å². The number of hydrogen-bond donors (Lipinski definition) is 2. The molecule has 1 fully saturated rings. The molecule has 0 bridgehead atoms. The van der Waals surface area contributed by atoms with Crippen LogP contribution < -0.4 is 5.32 Å². The molecule has 5 heteroatoms. The number of hydrogen-bond acceptors (Lipinski definition) is 2. The Morgan fingerprint density at radius 3 is 2.32 bits per heavy atom. The van der Waals surface area contributed by atoms with Gasteiger partial charge in [0.1, 0.15) is 6.54 Å². The monoisotopic (exact) mass is 262 g/mol. The second kappa shape index (κ2) is 5.30. The second-order valence-electron chi connectivity index (χ2n) is 5.06. The zero-order chi connectivity index (χ0) is 14.0. The summed E-state index contributed by atoms with van der Waals surface area (Å²) in [7, 11) is 0. The van der Waals surface area contributed by atoms with Crippen molar-refractivity contribution in [3.05, 3.63) is 29.3 Å². The van der Waals surface area contributed by atoms with Gasteiger partial charge in [0.2, 0.25) is 0 Å². The molecule has 0 radical (unpaired) electrons. The van der Waals surface area contributed by atoms with E-state index in [1.165, 1.54) is 4.90 Å². The second-order valence-corrected chi connectivity index (χ2v) is 5.06. The summed E-state index contributed by atoms with van der Waals surface area (Å²) >= 11 is 0. The maximum Gasteiger partial charge on any atom is 0.323 e. The fourth-order valence-corrected chi connectivity index (χ4v) is 2.14. The van der Waals surface area contributed by atoms with Crippen LogP contribution in [0, 0.1) is 13.8 Å². The molecule has 102 valence electrons. The Hall–Kier alpha value is -2.04. The molecule has 2 rings (SSSR count). The third-order valence-corrected chi connectivity index (χ3v) is 3.03. The summed E-state index contributed by atoms with van der Waals surface area (Å²) in [4.78, 5) is 24.3. The first-order chi connectivity index (χ1) is 8.95. The van der Waals surface area contributed by atoms with Gasteiger partial charge in [0.25, 0.3) is 0 Å². The van der Waals surface area contributed by atoms with E-state index in [0.29, 0.717) is 5.69 Å². The van der Waals surface area contributed by atoms with Crippen LogP contribution in [-0.2, 0) is 4.79 Å². The smallest absolute Gasteiger partial charge is 0.323 e. The van der Waals surface area contributed by atoms with Crippen molar-refractivity contribution in [1.82, 2.24) is 4.90 Å². The van der Waals surface area contributed by atoms with Gasteiger partial charge in [0, 0.05) is 11.7 Å². The number of nitrogens with one attached hydrogen (secondary N) is 1. The number of carbonyl (C=O) groups is 2. The molecule has 0 heterocycles. The van der Waals surface area contributed by atoms with Crippen LogP contribution in [-0.4, -0.2) is 34.6 Å². The zero-order valence-electron chi connectivity index (χ0n) is 11.1. The van der Waals surface area contributed by atoms with E-state index in [1.807, 2.05) is 32.0 Å². The molecule has 0 saturated heterocycles. The molecule has 1 saturated carbocycles. The van der Waals surface area contributed by atoms with Crippen molar-refractivity contribution in [2.24, 2.45) is 0 Å². The van der Waals surface area contributed by atoms with Gasteiger partial charge in [-0.15, -0.1) is 0 Å². The Morgan fingerprint density at radius 1 is 1.26 bits per heavy atom. The Bertz CT molecular complexity index is 489. The van der Waals surface area contributed by atoms with Crippen LogP contribution in [0.2, 0.25) is 0 Å². The summed E-state index contributed by atoms with van der Waals surface area (Å²) in [6.45, 7) is 3.67. The van der Waals surface area contributed by atoms with Crippen molar-refractivity contribution in [3.63, 3.8) is 0 Å². The highest BCUT2D eigenvalue weighted by Crippen LogP contribution is 2.27. The van der Waals surface area contributed by atoms with Crippen molar-refractivity contribution in [1.29, 1.82) is 0 Å². The van der Waals surface area contributed by atoms with Crippen LogP contribution in [0.3, 0.4) is 0 Å². The SMILES string of the molecule is Cc1cc(C)cc(NC(=O)N(CC(=O)O)C2CC2)c1. The van der Waals surface area contributed by atoms with Crippen molar-refractivity contribution in [3.8, 4) is 0 Å². The number of urea groups is 1. The van der Waals surface area contributed by atoms with Gasteiger partial charge in [-0.25, -0.2) is 4.79 Å². The molecule has 19 heavy (non-hydrogen) atoms. The number of carbonyl (C=O) groups excluding carboxylic acids is 1. The topological polar surface area (TPSA) is 69.6 Å². The number of anilines is 1. The molecule has 0 aromatic heterocycles. The predicted molar refractivity (Wildman–Crippen MR) is 72.3 cm³/mol. The fourth-order valence-electron chi connectivity index (χ4n) is 2.14. The number of aliphatic carboxylic acids is 1. The summed E-state index contributed by atoms with van der Waals surface area (Å²) in [6, 6.07) is 5.50. The summed E-state index contributed by atoms with van der Waals surface area (Å²) in [5, 5.41) is 11.6. The molecule has 5 nitrogen and oxygen atoms in total. The molecule has 2 N–H and O–H groups in total. The number of amides is 2. The lowest BCUT2D eigenvalue weighted by molar-refractivity contribution is -0.137. The van der Waals surface area contributed by atoms with E-state index in [9.17, 15) is 9.59 Å². The predicted octanol–water partition coefficient (Wildman–Crippen LogP) is 2.38. The molecule has 0 atom stereocenters. The first-order valence-electron chi connectivity index (χ1n) is 6.33. The van der Waals surface area contributed by atoms with Gasteiger partial charge >= 0.3 is 12.0 Å². The Kier molecular flexibility index (Phi) is 3.74. The number of aryl methyl sites for hydroxylation is 2. The van der Waals surface area contributed by atoms with Gasteiger partial charge in [0.05, 0.1) is 0 Å². The summed E-state index contributed by atoms with van der Waals surface area (Å²) in [5.41, 5.74) is 2.83. The van der Waals surface area contributed by atoms with Crippen LogP contribution in [0.5, 0.6) is 0 Å². The molecule has 1 aromatic carbocycles. The normalized spacial score (nSPS) is 14.0. The lowest BCUT2D eigenvalue weighted by atomic mass is 10.1. The van der Waals surface area contributed by atoms with Crippen LogP contribution in [0.15, 0.2) is 18.2 Å². The minimum absolute atomic E-state index is 0.0713. The van der Waals surface area contributed by atoms with Gasteiger partial charge in [-0.1, -0.05) is 6.07 Å². The van der Waals surface area contributed by atoms with E-state index in [4.69, 9.17) is 5.11 Å². The Labute approximate surface area is 112 Å².